The summed E-state index contributed by atoms with van der Waals surface area (Å²) in [5.41, 5.74) is -0.0755. The number of carbonyl (C=O) groups excluding carboxylic acids is 2. The molecule has 4 fully saturated rings. The normalized spacial score (nSPS) is 30.3. The molecule has 2 amide bonds. The van der Waals surface area contributed by atoms with E-state index in [4.69, 9.17) is 4.74 Å². The lowest BCUT2D eigenvalue weighted by atomic mass is 9.79. The van der Waals surface area contributed by atoms with Crippen LogP contribution in [0.15, 0.2) is 0 Å². The highest BCUT2D eigenvalue weighted by atomic mass is 16.5. The zero-order valence-electron chi connectivity index (χ0n) is 13.9. The molecule has 0 radical (unpaired) electrons. The Bertz CT molecular complexity index is 469. The number of likely N-dealkylation sites (tertiary alicyclic amines) is 1. The Kier molecular flexibility index (Phi) is 4.08. The van der Waals surface area contributed by atoms with E-state index in [0.29, 0.717) is 17.7 Å². The van der Waals surface area contributed by atoms with E-state index < -0.39 is 0 Å². The van der Waals surface area contributed by atoms with E-state index in [0.717, 1.165) is 64.8 Å². The van der Waals surface area contributed by atoms with Crippen LogP contribution in [0.3, 0.4) is 0 Å². The monoisotopic (exact) mass is 320 g/mol. The average molecular weight is 320 g/mol. The molecule has 2 saturated carbocycles. The first-order chi connectivity index (χ1) is 11.2. The van der Waals surface area contributed by atoms with Crippen molar-refractivity contribution in [1.82, 2.24) is 10.2 Å². The maximum atomic E-state index is 12.2. The first kappa shape index (κ1) is 15.4. The van der Waals surface area contributed by atoms with Crippen LogP contribution in [-0.2, 0) is 14.3 Å². The minimum Gasteiger partial charge on any atom is -0.371 e. The summed E-state index contributed by atoms with van der Waals surface area (Å²) in [7, 11) is 0. The smallest absolute Gasteiger partial charge is 0.225 e. The molecule has 5 nitrogen and oxygen atoms in total. The number of rotatable bonds is 4. The Morgan fingerprint density at radius 3 is 2.26 bits per heavy atom. The molecule has 1 spiro atoms. The van der Waals surface area contributed by atoms with Crippen LogP contribution in [-0.4, -0.2) is 48.6 Å². The van der Waals surface area contributed by atoms with E-state index in [1.54, 1.807) is 0 Å². The molecule has 0 aromatic carbocycles. The summed E-state index contributed by atoms with van der Waals surface area (Å²) >= 11 is 0. The van der Waals surface area contributed by atoms with Crippen molar-refractivity contribution in [3.05, 3.63) is 0 Å². The molecule has 1 N–H and O–H groups in total. The van der Waals surface area contributed by atoms with E-state index in [2.05, 4.69) is 5.32 Å². The number of amides is 2. The van der Waals surface area contributed by atoms with Gasteiger partial charge in [-0.25, -0.2) is 0 Å². The van der Waals surface area contributed by atoms with E-state index in [9.17, 15) is 9.59 Å². The second-order valence-corrected chi connectivity index (χ2v) is 8.09. The van der Waals surface area contributed by atoms with Gasteiger partial charge in [0.2, 0.25) is 11.8 Å². The van der Waals surface area contributed by atoms with Gasteiger partial charge in [0, 0.05) is 18.4 Å². The third kappa shape index (κ3) is 3.00. The molecule has 128 valence electrons. The lowest BCUT2D eigenvalue weighted by molar-refractivity contribution is -0.192. The van der Waals surface area contributed by atoms with Gasteiger partial charge in [0.15, 0.2) is 0 Å². The van der Waals surface area contributed by atoms with E-state index in [1.165, 1.54) is 12.8 Å². The molecule has 2 heterocycles. The van der Waals surface area contributed by atoms with Gasteiger partial charge in [0.1, 0.15) is 5.60 Å². The van der Waals surface area contributed by atoms with Crippen molar-refractivity contribution >= 4 is 11.8 Å². The fourth-order valence-corrected chi connectivity index (χ4v) is 4.11. The van der Waals surface area contributed by atoms with Crippen molar-refractivity contribution < 1.29 is 14.3 Å². The van der Waals surface area contributed by atoms with Gasteiger partial charge in [-0.1, -0.05) is 12.8 Å². The predicted molar refractivity (Wildman–Crippen MR) is 85.7 cm³/mol. The fourth-order valence-electron chi connectivity index (χ4n) is 4.11. The molecule has 0 unspecified atom stereocenters. The third-order valence-corrected chi connectivity index (χ3v) is 6.40. The molecular formula is C18H28N2O3. The summed E-state index contributed by atoms with van der Waals surface area (Å²) < 4.78 is 6.11. The summed E-state index contributed by atoms with van der Waals surface area (Å²) in [4.78, 5) is 26.1. The van der Waals surface area contributed by atoms with Gasteiger partial charge in [-0.15, -0.1) is 0 Å². The van der Waals surface area contributed by atoms with Gasteiger partial charge in [-0.05, 0) is 44.4 Å². The van der Waals surface area contributed by atoms with E-state index in [-0.39, 0.29) is 17.4 Å². The number of hydrogen-bond acceptors (Lipinski definition) is 3. The van der Waals surface area contributed by atoms with Crippen molar-refractivity contribution in [2.24, 2.45) is 17.8 Å². The minimum atomic E-state index is -0.0755. The summed E-state index contributed by atoms with van der Waals surface area (Å²) in [6.07, 6.45) is 8.78. The molecule has 4 aliphatic rings. The fraction of sp³-hybridized carbons (Fsp3) is 0.889. The van der Waals surface area contributed by atoms with Crippen LogP contribution in [0.4, 0.5) is 0 Å². The second kappa shape index (κ2) is 6.08. The van der Waals surface area contributed by atoms with Gasteiger partial charge in [0.05, 0.1) is 19.7 Å². The second-order valence-electron chi connectivity index (χ2n) is 8.09. The Balaban J connectivity index is 1.16. The van der Waals surface area contributed by atoms with Crippen LogP contribution in [0.2, 0.25) is 0 Å². The highest BCUT2D eigenvalue weighted by Gasteiger charge is 2.49. The molecule has 1 atom stereocenters. The van der Waals surface area contributed by atoms with Crippen molar-refractivity contribution in [3.8, 4) is 0 Å². The lowest BCUT2D eigenvalue weighted by Gasteiger charge is -2.54. The van der Waals surface area contributed by atoms with E-state index >= 15 is 0 Å². The highest BCUT2D eigenvalue weighted by Crippen LogP contribution is 2.38. The van der Waals surface area contributed by atoms with Crippen LogP contribution in [0.1, 0.15) is 51.4 Å². The zero-order chi connectivity index (χ0) is 15.9. The van der Waals surface area contributed by atoms with Crippen LogP contribution >= 0.6 is 0 Å². The zero-order valence-corrected chi connectivity index (χ0v) is 13.9. The maximum Gasteiger partial charge on any atom is 0.225 e. The lowest BCUT2D eigenvalue weighted by Crippen LogP contribution is -2.67. The molecule has 2 saturated heterocycles. The number of ether oxygens (including phenoxy) is 1. The SMILES string of the molecule is O=C(NC[C@H]1CCC2(CN(C(=O)C3CCC3)C2)OC1)C1CCC1. The molecule has 0 aromatic rings. The summed E-state index contributed by atoms with van der Waals surface area (Å²) in [6, 6.07) is 0. The number of nitrogens with one attached hydrogen (secondary N) is 1. The Morgan fingerprint density at radius 1 is 1.04 bits per heavy atom. The molecule has 23 heavy (non-hydrogen) atoms. The predicted octanol–water partition coefficient (Wildman–Crippen LogP) is 1.71. The first-order valence-corrected chi connectivity index (χ1v) is 9.36. The summed E-state index contributed by atoms with van der Waals surface area (Å²) in [5.74, 6) is 1.58. The Hall–Kier alpha value is -1.10. The topological polar surface area (TPSA) is 58.6 Å². The maximum absolute atomic E-state index is 12.2. The standard InChI is InChI=1S/C18H28N2O3/c21-16(14-3-1-4-14)19-9-13-7-8-18(23-10-13)11-20(12-18)17(22)15-5-2-6-15/h13-15H,1-12H2,(H,19,21)/t13-/m1/s1. The third-order valence-electron chi connectivity index (χ3n) is 6.40. The van der Waals surface area contributed by atoms with Crippen molar-refractivity contribution in [3.63, 3.8) is 0 Å². The van der Waals surface area contributed by atoms with Gasteiger partial charge < -0.3 is 15.0 Å². The van der Waals surface area contributed by atoms with Crippen molar-refractivity contribution in [2.45, 2.75) is 57.0 Å². The van der Waals surface area contributed by atoms with Gasteiger partial charge in [-0.3, -0.25) is 9.59 Å². The number of carbonyl (C=O) groups is 2. The average Bonchev–Trinajstić information content (AvgIpc) is 2.39. The van der Waals surface area contributed by atoms with Crippen LogP contribution in [0.25, 0.3) is 0 Å². The van der Waals surface area contributed by atoms with Crippen LogP contribution in [0, 0.1) is 17.8 Å². The minimum absolute atomic E-state index is 0.0755. The summed E-state index contributed by atoms with van der Waals surface area (Å²) in [5, 5.41) is 3.09. The molecule has 0 aromatic heterocycles. The number of hydrogen-bond donors (Lipinski definition) is 1. The van der Waals surface area contributed by atoms with Crippen LogP contribution in [0.5, 0.6) is 0 Å². The van der Waals surface area contributed by atoms with Crippen molar-refractivity contribution in [2.75, 3.05) is 26.2 Å². The van der Waals surface area contributed by atoms with Crippen molar-refractivity contribution in [1.29, 1.82) is 0 Å². The van der Waals surface area contributed by atoms with Gasteiger partial charge in [-0.2, -0.15) is 0 Å². The van der Waals surface area contributed by atoms with Gasteiger partial charge in [0.25, 0.3) is 0 Å². The Morgan fingerprint density at radius 2 is 1.74 bits per heavy atom. The molecule has 5 heteroatoms. The largest absolute Gasteiger partial charge is 0.371 e. The molecular weight excluding hydrogens is 292 g/mol. The highest BCUT2D eigenvalue weighted by molar-refractivity contribution is 5.80. The summed E-state index contributed by atoms with van der Waals surface area (Å²) in [6.45, 7) is 3.03. The molecule has 0 bridgehead atoms. The number of nitrogens with zero attached hydrogens (tertiary/aromatic N) is 1. The Labute approximate surface area is 138 Å². The quantitative estimate of drug-likeness (QED) is 0.858. The molecule has 2 aliphatic carbocycles. The first-order valence-electron chi connectivity index (χ1n) is 9.36. The van der Waals surface area contributed by atoms with E-state index in [1.807, 2.05) is 4.90 Å². The van der Waals surface area contributed by atoms with Crippen LogP contribution < -0.4 is 5.32 Å². The van der Waals surface area contributed by atoms with Gasteiger partial charge >= 0.3 is 0 Å². The molecule has 4 rings (SSSR count). The molecule has 2 aliphatic heterocycles.